The number of carbonyl (C=O) groups excluding carboxylic acids is 2. The van der Waals surface area contributed by atoms with Crippen LogP contribution in [0.4, 0.5) is 10.1 Å². The molecule has 0 saturated carbocycles. The summed E-state index contributed by atoms with van der Waals surface area (Å²) in [6.07, 6.45) is 0. The molecule has 0 aliphatic rings. The molecule has 0 atom stereocenters. The number of rotatable bonds is 7. The fourth-order valence-electron chi connectivity index (χ4n) is 3.26. The first-order chi connectivity index (χ1) is 14.8. The SMILES string of the molecule is COc1ccc(OC)c(NC(=O)COC(=O)c2cc(C)n(-c3ccc(F)cc3)c2C)c1. The summed E-state index contributed by atoms with van der Waals surface area (Å²) in [7, 11) is 2.99. The van der Waals surface area contributed by atoms with Crippen molar-refractivity contribution in [1.82, 2.24) is 4.57 Å². The van der Waals surface area contributed by atoms with Gasteiger partial charge < -0.3 is 24.1 Å². The molecule has 0 radical (unpaired) electrons. The molecular weight excluding hydrogens is 403 g/mol. The lowest BCUT2D eigenvalue weighted by Gasteiger charge is -2.12. The minimum Gasteiger partial charge on any atom is -0.497 e. The first-order valence-corrected chi connectivity index (χ1v) is 9.48. The lowest BCUT2D eigenvalue weighted by molar-refractivity contribution is -0.119. The smallest absolute Gasteiger partial charge is 0.340 e. The predicted molar refractivity (Wildman–Crippen MR) is 114 cm³/mol. The molecule has 3 rings (SSSR count). The summed E-state index contributed by atoms with van der Waals surface area (Å²) in [4.78, 5) is 24.9. The molecule has 0 saturated heterocycles. The van der Waals surface area contributed by atoms with Crippen LogP contribution in [-0.4, -0.2) is 37.3 Å². The molecule has 7 nitrogen and oxygen atoms in total. The van der Waals surface area contributed by atoms with Gasteiger partial charge >= 0.3 is 5.97 Å². The highest BCUT2D eigenvalue weighted by molar-refractivity contribution is 5.97. The van der Waals surface area contributed by atoms with Crippen LogP contribution in [0.1, 0.15) is 21.7 Å². The van der Waals surface area contributed by atoms with Gasteiger partial charge in [0, 0.05) is 23.1 Å². The van der Waals surface area contributed by atoms with Crippen molar-refractivity contribution in [3.05, 3.63) is 71.3 Å². The number of aromatic nitrogens is 1. The Labute approximate surface area is 179 Å². The Kier molecular flexibility index (Phi) is 6.59. The highest BCUT2D eigenvalue weighted by atomic mass is 19.1. The zero-order chi connectivity index (χ0) is 22.5. The minimum absolute atomic E-state index is 0.327. The Morgan fingerprint density at radius 2 is 1.71 bits per heavy atom. The molecule has 1 aromatic heterocycles. The van der Waals surface area contributed by atoms with Crippen molar-refractivity contribution in [3.8, 4) is 17.2 Å². The van der Waals surface area contributed by atoms with Gasteiger partial charge in [0.25, 0.3) is 5.91 Å². The second-order valence-corrected chi connectivity index (χ2v) is 6.79. The van der Waals surface area contributed by atoms with Gasteiger partial charge in [-0.15, -0.1) is 0 Å². The maximum atomic E-state index is 13.2. The van der Waals surface area contributed by atoms with Crippen LogP contribution >= 0.6 is 0 Å². The summed E-state index contributed by atoms with van der Waals surface area (Å²) < 4.78 is 30.6. The number of anilines is 1. The molecule has 0 unspecified atom stereocenters. The number of carbonyl (C=O) groups is 2. The molecule has 8 heteroatoms. The molecule has 0 spiro atoms. The average Bonchev–Trinajstić information content (AvgIpc) is 3.06. The number of nitrogens with zero attached hydrogens (tertiary/aromatic N) is 1. The second kappa shape index (κ2) is 9.34. The van der Waals surface area contributed by atoms with E-state index in [-0.39, 0.29) is 5.82 Å². The van der Waals surface area contributed by atoms with Gasteiger partial charge in [0.15, 0.2) is 6.61 Å². The maximum Gasteiger partial charge on any atom is 0.340 e. The average molecular weight is 426 g/mol. The van der Waals surface area contributed by atoms with E-state index in [9.17, 15) is 14.0 Å². The number of hydrogen-bond acceptors (Lipinski definition) is 5. The van der Waals surface area contributed by atoms with Crippen molar-refractivity contribution in [2.45, 2.75) is 13.8 Å². The molecule has 0 aliphatic heterocycles. The second-order valence-electron chi connectivity index (χ2n) is 6.79. The quantitative estimate of drug-likeness (QED) is 0.577. The van der Waals surface area contributed by atoms with Crippen LogP contribution in [-0.2, 0) is 9.53 Å². The highest BCUT2D eigenvalue weighted by Crippen LogP contribution is 2.29. The summed E-state index contributed by atoms with van der Waals surface area (Å²) >= 11 is 0. The first kappa shape index (κ1) is 21.9. The van der Waals surface area contributed by atoms with E-state index in [1.165, 1.54) is 26.4 Å². The summed E-state index contributed by atoms with van der Waals surface area (Å²) in [6.45, 7) is 3.11. The van der Waals surface area contributed by atoms with Crippen molar-refractivity contribution in [2.24, 2.45) is 0 Å². The van der Waals surface area contributed by atoms with Crippen LogP contribution in [0, 0.1) is 19.7 Å². The van der Waals surface area contributed by atoms with Gasteiger partial charge in [-0.25, -0.2) is 9.18 Å². The van der Waals surface area contributed by atoms with Crippen molar-refractivity contribution in [3.63, 3.8) is 0 Å². The minimum atomic E-state index is -0.630. The van der Waals surface area contributed by atoms with Crippen LogP contribution in [0.25, 0.3) is 5.69 Å². The van der Waals surface area contributed by atoms with Gasteiger partial charge in [-0.1, -0.05) is 0 Å². The summed E-state index contributed by atoms with van der Waals surface area (Å²) in [5.41, 5.74) is 2.86. The molecule has 162 valence electrons. The van der Waals surface area contributed by atoms with Crippen molar-refractivity contribution < 1.29 is 28.2 Å². The first-order valence-electron chi connectivity index (χ1n) is 9.48. The van der Waals surface area contributed by atoms with Crippen LogP contribution in [0.3, 0.4) is 0 Å². The van der Waals surface area contributed by atoms with E-state index in [4.69, 9.17) is 14.2 Å². The Morgan fingerprint density at radius 1 is 1.00 bits per heavy atom. The van der Waals surface area contributed by atoms with Gasteiger partial charge in [0.1, 0.15) is 17.3 Å². The number of halogens is 1. The number of aryl methyl sites for hydroxylation is 1. The lowest BCUT2D eigenvalue weighted by atomic mass is 10.2. The zero-order valence-electron chi connectivity index (χ0n) is 17.7. The third kappa shape index (κ3) is 4.85. The molecule has 3 aromatic rings. The summed E-state index contributed by atoms with van der Waals surface area (Å²) in [5, 5.41) is 2.64. The Bertz CT molecular complexity index is 1110. The Morgan fingerprint density at radius 3 is 2.35 bits per heavy atom. The van der Waals surface area contributed by atoms with Crippen LogP contribution in [0.2, 0.25) is 0 Å². The molecule has 1 heterocycles. The van der Waals surface area contributed by atoms with Crippen molar-refractivity contribution in [2.75, 3.05) is 26.1 Å². The highest BCUT2D eigenvalue weighted by Gasteiger charge is 2.19. The fourth-order valence-corrected chi connectivity index (χ4v) is 3.26. The number of esters is 1. The summed E-state index contributed by atoms with van der Waals surface area (Å²) in [6, 6.07) is 12.6. The molecule has 0 bridgehead atoms. The molecule has 1 N–H and O–H groups in total. The van der Waals surface area contributed by atoms with E-state index in [2.05, 4.69) is 5.32 Å². The molecule has 2 aromatic carbocycles. The number of hydrogen-bond donors (Lipinski definition) is 1. The molecule has 0 aliphatic carbocycles. The van der Waals surface area contributed by atoms with Crippen molar-refractivity contribution >= 4 is 17.6 Å². The van der Waals surface area contributed by atoms with E-state index in [1.807, 2.05) is 11.5 Å². The van der Waals surface area contributed by atoms with E-state index < -0.39 is 18.5 Å². The predicted octanol–water partition coefficient (Wildman–Crippen LogP) is 4.05. The van der Waals surface area contributed by atoms with Crippen molar-refractivity contribution in [1.29, 1.82) is 0 Å². The van der Waals surface area contributed by atoms with Gasteiger partial charge in [-0.05, 0) is 56.3 Å². The molecule has 0 fully saturated rings. The standard InChI is InChI=1S/C23H23FN2O5/c1-14-11-19(15(2)26(14)17-7-5-16(24)6-8-17)23(28)31-13-22(27)25-20-12-18(29-3)9-10-21(20)30-4/h5-12H,13H2,1-4H3,(H,25,27). The normalized spacial score (nSPS) is 10.5. The number of nitrogens with one attached hydrogen (secondary N) is 1. The van der Waals surface area contributed by atoms with Crippen LogP contribution < -0.4 is 14.8 Å². The number of benzene rings is 2. The van der Waals surface area contributed by atoms with Crippen LogP contribution in [0.5, 0.6) is 11.5 Å². The number of amides is 1. The molecular formula is C23H23FN2O5. The largest absolute Gasteiger partial charge is 0.497 e. The lowest BCUT2D eigenvalue weighted by Crippen LogP contribution is -2.21. The van der Waals surface area contributed by atoms with Gasteiger partial charge in [0.2, 0.25) is 0 Å². The maximum absolute atomic E-state index is 13.2. The van der Waals surface area contributed by atoms with Crippen LogP contribution in [0.15, 0.2) is 48.5 Å². The van der Waals surface area contributed by atoms with Gasteiger partial charge in [0.05, 0.1) is 25.5 Å². The molecule has 1 amide bonds. The monoisotopic (exact) mass is 426 g/mol. The topological polar surface area (TPSA) is 78.8 Å². The zero-order valence-corrected chi connectivity index (χ0v) is 17.7. The Balaban J connectivity index is 1.69. The van der Waals surface area contributed by atoms with Gasteiger partial charge in [-0.2, -0.15) is 0 Å². The van der Waals surface area contributed by atoms with Gasteiger partial charge in [-0.3, -0.25) is 4.79 Å². The molecule has 31 heavy (non-hydrogen) atoms. The number of ether oxygens (including phenoxy) is 3. The number of methoxy groups -OCH3 is 2. The third-order valence-electron chi connectivity index (χ3n) is 4.75. The van der Waals surface area contributed by atoms with E-state index >= 15 is 0 Å². The fraction of sp³-hybridized carbons (Fsp3) is 0.217. The van der Waals surface area contributed by atoms with E-state index in [1.54, 1.807) is 43.3 Å². The summed E-state index contributed by atoms with van der Waals surface area (Å²) in [5.74, 6) is -0.504. The van der Waals surface area contributed by atoms with E-state index in [0.29, 0.717) is 28.4 Å². The third-order valence-corrected chi connectivity index (χ3v) is 4.75. The van der Waals surface area contributed by atoms with E-state index in [0.717, 1.165) is 11.4 Å². The Hall–Kier alpha value is -3.81.